The molecule has 4 atom stereocenters. The lowest BCUT2D eigenvalue weighted by Gasteiger charge is -2.39. The van der Waals surface area contributed by atoms with Gasteiger partial charge in [-0.15, -0.1) is 11.8 Å². The smallest absolute Gasteiger partial charge is 0.170 e. The number of hydrogen-bond donors (Lipinski definition) is 2. The molecule has 2 bridgehead atoms. The first-order valence-electron chi connectivity index (χ1n) is 4.64. The quantitative estimate of drug-likeness (QED) is 0.556. The number of ketones is 1. The van der Waals surface area contributed by atoms with E-state index in [1.165, 1.54) is 11.8 Å². The van der Waals surface area contributed by atoms with E-state index in [0.717, 1.165) is 10.5 Å². The van der Waals surface area contributed by atoms with Crippen molar-refractivity contribution >= 4 is 17.5 Å². The fourth-order valence-electron chi connectivity index (χ4n) is 2.46. The summed E-state index contributed by atoms with van der Waals surface area (Å²) in [6.45, 7) is 0. The lowest BCUT2D eigenvalue weighted by Crippen LogP contribution is -2.46. The molecule has 0 aromatic heterocycles. The maximum atomic E-state index is 11.5. The highest BCUT2D eigenvalue weighted by atomic mass is 32.2. The first-order valence-corrected chi connectivity index (χ1v) is 5.63. The van der Waals surface area contributed by atoms with Gasteiger partial charge < -0.3 is 10.2 Å². The van der Waals surface area contributed by atoms with Gasteiger partial charge in [0.2, 0.25) is 0 Å². The minimum Gasteiger partial charge on any atom is -0.389 e. The fraction of sp³-hybridized carbons (Fsp3) is 0.500. The maximum Gasteiger partial charge on any atom is 0.170 e. The second-order valence-corrected chi connectivity index (χ2v) is 4.92. The van der Waals surface area contributed by atoms with Gasteiger partial charge in [-0.05, 0) is 0 Å². The van der Waals surface area contributed by atoms with Gasteiger partial charge in [-0.25, -0.2) is 0 Å². The zero-order valence-electron chi connectivity index (χ0n) is 7.38. The summed E-state index contributed by atoms with van der Waals surface area (Å²) in [5, 5.41) is 19.5. The number of aliphatic hydroxyl groups is 2. The third-order valence-electron chi connectivity index (χ3n) is 3.17. The van der Waals surface area contributed by atoms with Crippen molar-refractivity contribution in [1.82, 2.24) is 0 Å². The molecule has 1 aliphatic heterocycles. The van der Waals surface area contributed by atoms with Crippen molar-refractivity contribution in [2.24, 2.45) is 11.8 Å². The van der Waals surface area contributed by atoms with Gasteiger partial charge in [-0.2, -0.15) is 0 Å². The van der Waals surface area contributed by atoms with E-state index in [-0.39, 0.29) is 17.6 Å². The first kappa shape index (κ1) is 8.71. The Bertz CT molecular complexity index is 372. The Morgan fingerprint density at radius 2 is 1.86 bits per heavy atom. The second kappa shape index (κ2) is 2.72. The predicted molar refractivity (Wildman–Crippen MR) is 52.6 cm³/mol. The van der Waals surface area contributed by atoms with Crippen LogP contribution in [0.4, 0.5) is 0 Å². The van der Waals surface area contributed by atoms with E-state index in [9.17, 15) is 15.0 Å². The molecule has 0 aromatic rings. The summed E-state index contributed by atoms with van der Waals surface area (Å²) in [6.07, 6.45) is 2.23. The summed E-state index contributed by atoms with van der Waals surface area (Å²) in [5.41, 5.74) is 0.750. The highest BCUT2D eigenvalue weighted by Crippen LogP contribution is 2.49. The molecule has 2 N–H and O–H groups in total. The number of carbonyl (C=O) groups excluding carboxylic acids is 1. The van der Waals surface area contributed by atoms with Gasteiger partial charge in [-0.1, -0.05) is 12.2 Å². The van der Waals surface area contributed by atoms with E-state index in [0.29, 0.717) is 5.75 Å². The van der Waals surface area contributed by atoms with Gasteiger partial charge in [0.1, 0.15) is 0 Å². The van der Waals surface area contributed by atoms with Crippen LogP contribution in [0.3, 0.4) is 0 Å². The molecule has 0 saturated heterocycles. The predicted octanol–water partition coefficient (Wildman–Crippen LogP) is 0.0940. The topological polar surface area (TPSA) is 57.5 Å². The third-order valence-corrected chi connectivity index (χ3v) is 4.38. The number of hydrogen-bond acceptors (Lipinski definition) is 4. The molecular formula is C10H10O3S. The first-order chi connectivity index (χ1) is 6.70. The van der Waals surface area contributed by atoms with Gasteiger partial charge in [0.05, 0.1) is 18.0 Å². The van der Waals surface area contributed by atoms with E-state index in [2.05, 4.69) is 0 Å². The van der Waals surface area contributed by atoms with Gasteiger partial charge in [0.25, 0.3) is 0 Å². The Labute approximate surface area is 85.5 Å². The fourth-order valence-corrected chi connectivity index (χ4v) is 3.72. The van der Waals surface area contributed by atoms with Gasteiger partial charge in [0, 0.05) is 22.3 Å². The number of carbonyl (C=O) groups is 1. The van der Waals surface area contributed by atoms with E-state index in [1.54, 1.807) is 0 Å². The van der Waals surface area contributed by atoms with Crippen LogP contribution in [0.2, 0.25) is 0 Å². The highest BCUT2D eigenvalue weighted by molar-refractivity contribution is 8.04. The molecule has 3 nitrogen and oxygen atoms in total. The van der Waals surface area contributed by atoms with Crippen molar-refractivity contribution in [3.8, 4) is 0 Å². The summed E-state index contributed by atoms with van der Waals surface area (Å²) in [4.78, 5) is 12.5. The zero-order chi connectivity index (χ0) is 9.87. The van der Waals surface area contributed by atoms with E-state index < -0.39 is 12.2 Å². The highest BCUT2D eigenvalue weighted by Gasteiger charge is 2.48. The third kappa shape index (κ3) is 0.886. The molecule has 14 heavy (non-hydrogen) atoms. The molecule has 74 valence electrons. The minimum absolute atomic E-state index is 0.121. The summed E-state index contributed by atoms with van der Waals surface area (Å²) in [5.74, 6) is 0.169. The molecule has 0 spiro atoms. The molecule has 4 rings (SSSR count). The Hall–Kier alpha value is -0.580. The van der Waals surface area contributed by atoms with Crippen molar-refractivity contribution in [2.45, 2.75) is 12.2 Å². The summed E-state index contributed by atoms with van der Waals surface area (Å²) in [6, 6.07) is 0. The second-order valence-electron chi connectivity index (χ2n) is 3.91. The molecule has 4 aliphatic rings. The molecule has 0 saturated carbocycles. The largest absolute Gasteiger partial charge is 0.389 e. The maximum absolute atomic E-state index is 11.5. The van der Waals surface area contributed by atoms with Crippen LogP contribution in [-0.2, 0) is 4.79 Å². The number of aliphatic hydroxyl groups excluding tert-OH is 2. The van der Waals surface area contributed by atoms with Crippen molar-refractivity contribution < 1.29 is 15.0 Å². The van der Waals surface area contributed by atoms with Gasteiger partial charge in [-0.3, -0.25) is 4.79 Å². The number of fused-ring (bicyclic) bond motifs is 1. The molecule has 0 amide bonds. The molecule has 3 aliphatic carbocycles. The lowest BCUT2D eigenvalue weighted by atomic mass is 9.71. The van der Waals surface area contributed by atoms with Gasteiger partial charge in [0.15, 0.2) is 5.78 Å². The van der Waals surface area contributed by atoms with Gasteiger partial charge >= 0.3 is 0 Å². The van der Waals surface area contributed by atoms with Crippen LogP contribution in [0.25, 0.3) is 0 Å². The number of thioether (sulfide) groups is 1. The Kier molecular flexibility index (Phi) is 1.69. The monoisotopic (exact) mass is 210 g/mol. The van der Waals surface area contributed by atoms with Crippen LogP contribution in [0, 0.1) is 11.8 Å². The molecule has 0 fully saturated rings. The van der Waals surface area contributed by atoms with Crippen molar-refractivity contribution in [1.29, 1.82) is 0 Å². The normalized spacial score (nSPS) is 44.9. The van der Waals surface area contributed by atoms with Crippen molar-refractivity contribution in [3.05, 3.63) is 22.6 Å². The van der Waals surface area contributed by atoms with Crippen molar-refractivity contribution in [2.75, 3.05) is 5.75 Å². The molecule has 0 radical (unpaired) electrons. The number of rotatable bonds is 0. The lowest BCUT2D eigenvalue weighted by molar-refractivity contribution is -0.114. The average Bonchev–Trinajstić information content (AvgIpc) is 2.57. The van der Waals surface area contributed by atoms with Crippen LogP contribution in [0.15, 0.2) is 22.6 Å². The van der Waals surface area contributed by atoms with Crippen LogP contribution in [0.5, 0.6) is 0 Å². The van der Waals surface area contributed by atoms with E-state index in [1.807, 2.05) is 12.2 Å². The zero-order valence-corrected chi connectivity index (χ0v) is 8.20. The van der Waals surface area contributed by atoms with Crippen molar-refractivity contribution in [3.63, 3.8) is 0 Å². The SMILES string of the molecule is O=C1CSC2=C1C1C=CC2C(O)C1O. The summed E-state index contributed by atoms with van der Waals surface area (Å²) in [7, 11) is 0. The van der Waals surface area contributed by atoms with Crippen LogP contribution >= 0.6 is 11.8 Å². The molecule has 4 unspecified atom stereocenters. The average molecular weight is 210 g/mol. The Morgan fingerprint density at radius 3 is 2.64 bits per heavy atom. The van der Waals surface area contributed by atoms with Crippen LogP contribution in [-0.4, -0.2) is 34.0 Å². The van der Waals surface area contributed by atoms with Crippen LogP contribution < -0.4 is 0 Å². The standard InChI is InChI=1S/C10H10O3S/c11-6-3-14-10-5-2-1-4(7(6)10)8(12)9(5)13/h1-2,4-5,8-9,12-13H,3H2. The number of Topliss-reactive ketones (excluding diaryl/α,β-unsaturated/α-hetero) is 1. The van der Waals surface area contributed by atoms with E-state index >= 15 is 0 Å². The molecule has 0 aromatic carbocycles. The Morgan fingerprint density at radius 1 is 1.21 bits per heavy atom. The molecule has 4 heteroatoms. The van der Waals surface area contributed by atoms with Crippen LogP contribution in [0.1, 0.15) is 0 Å². The molecular weight excluding hydrogens is 200 g/mol. The van der Waals surface area contributed by atoms with E-state index in [4.69, 9.17) is 0 Å². The summed E-state index contributed by atoms with van der Waals surface area (Å²) < 4.78 is 0. The summed E-state index contributed by atoms with van der Waals surface area (Å²) >= 11 is 1.51. The minimum atomic E-state index is -0.800. The Balaban J connectivity index is 2.14. The molecule has 1 heterocycles.